The summed E-state index contributed by atoms with van der Waals surface area (Å²) < 4.78 is 0. The maximum Gasteiger partial charge on any atom is 0.152 e. The molecule has 2 fully saturated rings. The predicted octanol–water partition coefficient (Wildman–Crippen LogP) is 2.18. The number of carbonyl (C=O) groups is 1. The highest BCUT2D eigenvalue weighted by molar-refractivity contribution is 5.97. The lowest BCUT2D eigenvalue weighted by Crippen LogP contribution is -2.54. The van der Waals surface area contributed by atoms with Crippen LogP contribution in [0.1, 0.15) is 38.3 Å². The van der Waals surface area contributed by atoms with Crippen molar-refractivity contribution in [3.8, 4) is 0 Å². The third-order valence-electron chi connectivity index (χ3n) is 5.29. The van der Waals surface area contributed by atoms with Crippen molar-refractivity contribution in [2.45, 2.75) is 43.8 Å². The highest BCUT2D eigenvalue weighted by Gasteiger charge is 2.91. The number of benzene rings is 1. The van der Waals surface area contributed by atoms with Gasteiger partial charge in [0.1, 0.15) is 5.54 Å². The summed E-state index contributed by atoms with van der Waals surface area (Å²) >= 11 is 0. The molecule has 3 aliphatic rings. The third kappa shape index (κ3) is 0.521. The van der Waals surface area contributed by atoms with Crippen LogP contribution in [-0.4, -0.2) is 16.2 Å². The van der Waals surface area contributed by atoms with Crippen molar-refractivity contribution in [1.82, 2.24) is 4.90 Å². The summed E-state index contributed by atoms with van der Waals surface area (Å²) in [5.41, 5.74) is 2.76. The molecule has 2 nitrogen and oxygen atoms in total. The minimum absolute atomic E-state index is 0.00975. The number of ketones is 1. The van der Waals surface area contributed by atoms with E-state index < -0.39 is 0 Å². The Kier molecular flexibility index (Phi) is 1.12. The predicted molar refractivity (Wildman–Crippen MR) is 61.0 cm³/mol. The fraction of sp³-hybridized carbons (Fsp3) is 0.500. The maximum atomic E-state index is 11.9. The molecule has 0 aromatic heterocycles. The van der Waals surface area contributed by atoms with Crippen LogP contribution in [0, 0.1) is 0 Å². The van der Waals surface area contributed by atoms with Crippen LogP contribution in [0.5, 0.6) is 0 Å². The van der Waals surface area contributed by atoms with Crippen molar-refractivity contribution in [2.24, 2.45) is 0 Å². The van der Waals surface area contributed by atoms with Gasteiger partial charge in [-0.15, -0.1) is 0 Å². The summed E-state index contributed by atoms with van der Waals surface area (Å²) in [5.74, 6) is 0.335. The maximum absolute atomic E-state index is 11.9. The Morgan fingerprint density at radius 3 is 2.50 bits per heavy atom. The van der Waals surface area contributed by atoms with Crippen LogP contribution in [0.4, 0.5) is 0 Å². The van der Waals surface area contributed by atoms with Gasteiger partial charge < -0.3 is 0 Å². The van der Waals surface area contributed by atoms with Crippen LogP contribution < -0.4 is 0 Å². The summed E-state index contributed by atoms with van der Waals surface area (Å²) in [5, 5.41) is 0. The standard InChI is InChI=1S/C14H15NO/c1-9(16)14-8-12(2)10-6-4-5-7-11(10)13(14,3)15(12)14/h4-7H,8H2,1-3H3/t12-,13-,14?,15?/m1/s1. The van der Waals surface area contributed by atoms with Crippen molar-refractivity contribution in [3.63, 3.8) is 0 Å². The fourth-order valence-corrected chi connectivity index (χ4v) is 4.74. The second kappa shape index (κ2) is 2.00. The molecule has 0 amide bonds. The van der Waals surface area contributed by atoms with Crippen LogP contribution in [0.2, 0.25) is 0 Å². The molecule has 2 heteroatoms. The molecule has 3 aliphatic heterocycles. The number of hydrogen-bond donors (Lipinski definition) is 0. The first-order valence-electron chi connectivity index (χ1n) is 5.91. The van der Waals surface area contributed by atoms with Crippen molar-refractivity contribution < 1.29 is 4.79 Å². The van der Waals surface area contributed by atoms with Gasteiger partial charge in [0.2, 0.25) is 0 Å². The van der Waals surface area contributed by atoms with Gasteiger partial charge in [-0.2, -0.15) is 0 Å². The first-order valence-corrected chi connectivity index (χ1v) is 5.91. The zero-order chi connectivity index (χ0) is 11.3. The number of Topliss-reactive ketones (excluding diaryl/α,β-unsaturated/α-hetero) is 1. The molecule has 2 unspecified atom stereocenters. The van der Waals surface area contributed by atoms with E-state index in [4.69, 9.17) is 0 Å². The molecule has 4 atom stereocenters. The molecular weight excluding hydrogens is 198 g/mol. The lowest BCUT2D eigenvalue weighted by molar-refractivity contribution is -0.126. The van der Waals surface area contributed by atoms with Crippen LogP contribution in [0.15, 0.2) is 24.3 Å². The zero-order valence-electron chi connectivity index (χ0n) is 9.87. The summed E-state index contributed by atoms with van der Waals surface area (Å²) in [7, 11) is 0. The van der Waals surface area contributed by atoms with Crippen molar-refractivity contribution in [2.75, 3.05) is 0 Å². The van der Waals surface area contributed by atoms with Gasteiger partial charge in [-0.25, -0.2) is 0 Å². The van der Waals surface area contributed by atoms with Crippen LogP contribution >= 0.6 is 0 Å². The minimum atomic E-state index is -0.157. The van der Waals surface area contributed by atoms with Crippen molar-refractivity contribution in [1.29, 1.82) is 0 Å². The Morgan fingerprint density at radius 2 is 1.88 bits per heavy atom. The zero-order valence-corrected chi connectivity index (χ0v) is 9.87. The van der Waals surface area contributed by atoms with E-state index in [9.17, 15) is 4.79 Å². The van der Waals surface area contributed by atoms with Crippen molar-refractivity contribution >= 4 is 5.78 Å². The van der Waals surface area contributed by atoms with E-state index in [1.165, 1.54) is 11.1 Å². The van der Waals surface area contributed by atoms with E-state index in [-0.39, 0.29) is 16.6 Å². The molecule has 3 heterocycles. The highest BCUT2D eigenvalue weighted by Crippen LogP contribution is 2.82. The van der Waals surface area contributed by atoms with Gasteiger partial charge in [-0.1, -0.05) is 24.3 Å². The molecule has 0 spiro atoms. The van der Waals surface area contributed by atoms with Crippen molar-refractivity contribution in [3.05, 3.63) is 35.4 Å². The van der Waals surface area contributed by atoms with Crippen LogP contribution in [0.3, 0.4) is 0 Å². The number of hydrogen-bond acceptors (Lipinski definition) is 2. The molecule has 0 radical (unpaired) electrons. The van der Waals surface area contributed by atoms with Crippen LogP contribution in [-0.2, 0) is 15.9 Å². The Hall–Kier alpha value is -1.15. The summed E-state index contributed by atoms with van der Waals surface area (Å²) in [6.07, 6.45) is 1.00. The van der Waals surface area contributed by atoms with Gasteiger partial charge in [-0.05, 0) is 38.3 Å². The summed E-state index contributed by atoms with van der Waals surface area (Å²) in [6.45, 7) is 6.24. The van der Waals surface area contributed by atoms with Gasteiger partial charge in [0.05, 0.1) is 5.54 Å². The fourth-order valence-electron chi connectivity index (χ4n) is 4.74. The smallest absolute Gasteiger partial charge is 0.152 e. The normalized spacial score (nSPS) is 50.3. The molecule has 82 valence electrons. The molecule has 4 rings (SSSR count). The molecule has 0 saturated carbocycles. The molecule has 16 heavy (non-hydrogen) atoms. The van der Waals surface area contributed by atoms with Crippen LogP contribution in [0.25, 0.3) is 0 Å². The van der Waals surface area contributed by atoms with E-state index in [0.717, 1.165) is 6.42 Å². The van der Waals surface area contributed by atoms with E-state index in [1.54, 1.807) is 6.92 Å². The third-order valence-corrected chi connectivity index (χ3v) is 5.29. The number of rotatable bonds is 1. The molecule has 0 bridgehead atoms. The lowest BCUT2D eigenvalue weighted by Gasteiger charge is -2.45. The number of nitrogens with zero attached hydrogens (tertiary/aromatic N) is 1. The monoisotopic (exact) mass is 213 g/mol. The minimum Gasteiger partial charge on any atom is -0.298 e. The molecule has 2 saturated heterocycles. The second-order valence-electron chi connectivity index (χ2n) is 5.82. The van der Waals surface area contributed by atoms with E-state index in [1.807, 2.05) is 0 Å². The van der Waals surface area contributed by atoms with Gasteiger partial charge in [0.15, 0.2) is 5.78 Å². The topological polar surface area (TPSA) is 20.1 Å². The molecule has 0 N–H and O–H groups in total. The molecular formula is C14H15NO. The quantitative estimate of drug-likeness (QED) is 0.666. The van der Waals surface area contributed by atoms with Gasteiger partial charge in [-0.3, -0.25) is 9.69 Å². The van der Waals surface area contributed by atoms with E-state index in [0.29, 0.717) is 5.78 Å². The Balaban J connectivity index is 2.02. The Labute approximate surface area is 95.3 Å². The summed E-state index contributed by atoms with van der Waals surface area (Å²) in [4.78, 5) is 14.3. The average molecular weight is 213 g/mol. The second-order valence-corrected chi connectivity index (χ2v) is 5.82. The molecule has 1 aromatic carbocycles. The highest BCUT2D eigenvalue weighted by atomic mass is 16.1. The summed E-state index contributed by atoms with van der Waals surface area (Å²) in [6, 6.07) is 8.60. The van der Waals surface area contributed by atoms with Gasteiger partial charge in [0, 0.05) is 5.54 Å². The number of carbonyl (C=O) groups excluding carboxylic acids is 1. The SMILES string of the molecule is CC(=O)C12C[C@]3(C)c4ccccc4[C@@]1(C)N23. The first-order chi connectivity index (χ1) is 7.49. The molecule has 0 aliphatic carbocycles. The average Bonchev–Trinajstić information content (AvgIpc) is 2.66. The largest absolute Gasteiger partial charge is 0.298 e. The van der Waals surface area contributed by atoms with Gasteiger partial charge >= 0.3 is 0 Å². The van der Waals surface area contributed by atoms with Gasteiger partial charge in [0.25, 0.3) is 0 Å². The van der Waals surface area contributed by atoms with E-state index in [2.05, 4.69) is 43.0 Å². The lowest BCUT2D eigenvalue weighted by atomic mass is 9.65. The Morgan fingerprint density at radius 1 is 1.25 bits per heavy atom. The Bertz CT molecular complexity index is 551. The first kappa shape index (κ1) is 8.94. The molecule has 1 aromatic rings. The van der Waals surface area contributed by atoms with E-state index >= 15 is 0 Å². The number of fused-ring (bicyclic) bond motifs is 4.